The van der Waals surface area contributed by atoms with Crippen molar-refractivity contribution in [2.75, 3.05) is 38.2 Å². The lowest BCUT2D eigenvalue weighted by Crippen LogP contribution is -2.25. The van der Waals surface area contributed by atoms with Crippen molar-refractivity contribution < 1.29 is 13.2 Å². The van der Waals surface area contributed by atoms with E-state index in [1.54, 1.807) is 6.07 Å². The van der Waals surface area contributed by atoms with Crippen LogP contribution in [0.5, 0.6) is 0 Å². The lowest BCUT2D eigenvalue weighted by Gasteiger charge is -2.14. The predicted molar refractivity (Wildman–Crippen MR) is 83.5 cm³/mol. The Balaban J connectivity index is 2.74. The van der Waals surface area contributed by atoms with Crippen molar-refractivity contribution in [2.24, 2.45) is 0 Å². The van der Waals surface area contributed by atoms with Crippen LogP contribution < -0.4 is 16.4 Å². The van der Waals surface area contributed by atoms with Crippen molar-refractivity contribution in [3.8, 4) is 0 Å². The van der Waals surface area contributed by atoms with Crippen LogP contribution in [-0.2, 0) is 14.8 Å². The summed E-state index contributed by atoms with van der Waals surface area (Å²) in [5.41, 5.74) is 6.78. The normalized spacial score (nSPS) is 11.4. The van der Waals surface area contributed by atoms with Gasteiger partial charge in [0.2, 0.25) is 15.9 Å². The molecule has 1 amide bonds. The first-order valence-electron chi connectivity index (χ1n) is 6.61. The fourth-order valence-corrected chi connectivity index (χ4v) is 2.61. The number of nitrogen functional groups attached to an aromatic ring is 1. The van der Waals surface area contributed by atoms with Crippen molar-refractivity contribution >= 4 is 27.3 Å². The van der Waals surface area contributed by atoms with Gasteiger partial charge in [-0.1, -0.05) is 0 Å². The van der Waals surface area contributed by atoms with Crippen molar-refractivity contribution in [3.05, 3.63) is 18.2 Å². The van der Waals surface area contributed by atoms with E-state index in [9.17, 15) is 13.2 Å². The van der Waals surface area contributed by atoms with Crippen LogP contribution in [0.4, 0.5) is 11.4 Å². The molecule has 0 aliphatic rings. The Morgan fingerprint density at radius 2 is 2.00 bits per heavy atom. The van der Waals surface area contributed by atoms with E-state index in [4.69, 9.17) is 5.73 Å². The van der Waals surface area contributed by atoms with Gasteiger partial charge in [-0.3, -0.25) is 4.79 Å². The minimum Gasteiger partial charge on any atom is -0.397 e. The Morgan fingerprint density at radius 3 is 2.52 bits per heavy atom. The maximum Gasteiger partial charge on any atom is 0.242 e. The highest BCUT2D eigenvalue weighted by Crippen LogP contribution is 2.23. The minimum absolute atomic E-state index is 0.0459. The summed E-state index contributed by atoms with van der Waals surface area (Å²) in [6.07, 6.45) is 0.324. The molecule has 21 heavy (non-hydrogen) atoms. The van der Waals surface area contributed by atoms with Gasteiger partial charge in [-0.25, -0.2) is 12.7 Å². The average Bonchev–Trinajstić information content (AvgIpc) is 2.40. The summed E-state index contributed by atoms with van der Waals surface area (Å²) in [7, 11) is -0.571. The van der Waals surface area contributed by atoms with Gasteiger partial charge in [0.25, 0.3) is 0 Å². The highest BCUT2D eigenvalue weighted by molar-refractivity contribution is 7.89. The molecule has 0 spiro atoms. The average molecular weight is 314 g/mol. The van der Waals surface area contributed by atoms with Crippen LogP contribution in [0, 0.1) is 0 Å². The molecule has 118 valence electrons. The highest BCUT2D eigenvalue weighted by atomic mass is 32.2. The molecule has 0 unspecified atom stereocenters. The van der Waals surface area contributed by atoms with Crippen molar-refractivity contribution in [2.45, 2.75) is 18.2 Å². The smallest absolute Gasteiger partial charge is 0.242 e. The molecular formula is C13H22N4O3S. The summed E-state index contributed by atoms with van der Waals surface area (Å²) >= 11 is 0. The Hall–Kier alpha value is -1.80. The maximum atomic E-state index is 12.0. The zero-order valence-electron chi connectivity index (χ0n) is 12.5. The fourth-order valence-electron chi connectivity index (χ4n) is 1.67. The number of hydrogen-bond donors (Lipinski definition) is 3. The summed E-state index contributed by atoms with van der Waals surface area (Å²) in [6, 6.07) is 4.49. The van der Waals surface area contributed by atoms with Gasteiger partial charge in [0.15, 0.2) is 0 Å². The van der Waals surface area contributed by atoms with Gasteiger partial charge in [0.1, 0.15) is 0 Å². The molecule has 0 fully saturated rings. The van der Waals surface area contributed by atoms with Gasteiger partial charge in [-0.15, -0.1) is 0 Å². The molecule has 0 heterocycles. The third-order valence-corrected chi connectivity index (χ3v) is 4.65. The van der Waals surface area contributed by atoms with Gasteiger partial charge in [-0.2, -0.15) is 0 Å². The predicted octanol–water partition coefficient (Wildman–Crippen LogP) is 0.457. The zero-order chi connectivity index (χ0) is 16.0. The monoisotopic (exact) mass is 314 g/mol. The van der Waals surface area contributed by atoms with E-state index in [1.807, 2.05) is 6.92 Å². The molecule has 4 N–H and O–H groups in total. The molecule has 7 nitrogen and oxygen atoms in total. The number of rotatable bonds is 7. The van der Waals surface area contributed by atoms with Gasteiger partial charge in [0, 0.05) is 33.6 Å². The topological polar surface area (TPSA) is 105 Å². The number of carbonyl (C=O) groups excluding carboxylic acids is 1. The number of hydrogen-bond acceptors (Lipinski definition) is 5. The molecular weight excluding hydrogens is 292 g/mol. The van der Waals surface area contributed by atoms with Crippen molar-refractivity contribution in [1.82, 2.24) is 9.62 Å². The van der Waals surface area contributed by atoms with Gasteiger partial charge < -0.3 is 16.4 Å². The third-order valence-electron chi connectivity index (χ3n) is 2.84. The number of anilines is 2. The number of nitrogens with one attached hydrogen (secondary N) is 2. The van der Waals surface area contributed by atoms with Crippen LogP contribution in [0.15, 0.2) is 23.1 Å². The second-order valence-electron chi connectivity index (χ2n) is 4.67. The number of carbonyl (C=O) groups is 1. The molecule has 0 aliphatic carbocycles. The van der Waals surface area contributed by atoms with Crippen molar-refractivity contribution in [3.63, 3.8) is 0 Å². The Kier molecular flexibility index (Phi) is 5.98. The molecule has 1 rings (SSSR count). The maximum absolute atomic E-state index is 12.0. The second-order valence-corrected chi connectivity index (χ2v) is 6.82. The molecule has 1 aromatic rings. The number of amides is 1. The summed E-state index contributed by atoms with van der Waals surface area (Å²) in [5, 5.41) is 5.71. The molecule has 0 saturated carbocycles. The SMILES string of the molecule is CCNC(=O)CCNc1ccc(S(=O)(=O)N(C)C)cc1N. The van der Waals surface area contributed by atoms with Gasteiger partial charge in [0.05, 0.1) is 16.3 Å². The Morgan fingerprint density at radius 1 is 1.33 bits per heavy atom. The van der Waals surface area contributed by atoms with Crippen LogP contribution in [0.1, 0.15) is 13.3 Å². The van der Waals surface area contributed by atoms with E-state index in [-0.39, 0.29) is 10.8 Å². The molecule has 0 radical (unpaired) electrons. The summed E-state index contributed by atoms with van der Waals surface area (Å²) < 4.78 is 25.1. The molecule has 0 atom stereocenters. The van der Waals surface area contributed by atoms with Gasteiger partial charge in [-0.05, 0) is 25.1 Å². The number of benzene rings is 1. The van der Waals surface area contributed by atoms with E-state index in [0.29, 0.717) is 30.9 Å². The van der Waals surface area contributed by atoms with E-state index in [2.05, 4.69) is 10.6 Å². The van der Waals surface area contributed by atoms with E-state index < -0.39 is 10.0 Å². The fraction of sp³-hybridized carbons (Fsp3) is 0.462. The van der Waals surface area contributed by atoms with Crippen molar-refractivity contribution in [1.29, 1.82) is 0 Å². The lowest BCUT2D eigenvalue weighted by atomic mass is 10.2. The molecule has 0 saturated heterocycles. The first-order chi connectivity index (χ1) is 9.78. The number of nitrogens with zero attached hydrogens (tertiary/aromatic N) is 1. The van der Waals surface area contributed by atoms with Crippen LogP contribution in [0.25, 0.3) is 0 Å². The third kappa shape index (κ3) is 4.61. The van der Waals surface area contributed by atoms with E-state index in [1.165, 1.54) is 26.2 Å². The van der Waals surface area contributed by atoms with E-state index >= 15 is 0 Å². The molecule has 0 bridgehead atoms. The second kappa shape index (κ2) is 7.28. The molecule has 8 heteroatoms. The Labute approximate surface area is 125 Å². The first kappa shape index (κ1) is 17.3. The molecule has 0 aromatic heterocycles. The lowest BCUT2D eigenvalue weighted by molar-refractivity contribution is -0.120. The van der Waals surface area contributed by atoms with Crippen LogP contribution in [0.3, 0.4) is 0 Å². The summed E-state index contributed by atoms with van der Waals surface area (Å²) in [6.45, 7) is 2.88. The van der Waals surface area contributed by atoms with Crippen LogP contribution in [0.2, 0.25) is 0 Å². The number of nitrogens with two attached hydrogens (primary N) is 1. The standard InChI is InChI=1S/C13H22N4O3S/c1-4-15-13(18)7-8-16-12-6-5-10(9-11(12)14)21(19,20)17(2)3/h5-6,9,16H,4,7-8,14H2,1-3H3,(H,15,18). The summed E-state index contributed by atoms with van der Waals surface area (Å²) in [4.78, 5) is 11.4. The van der Waals surface area contributed by atoms with E-state index in [0.717, 1.165) is 4.31 Å². The number of sulfonamides is 1. The largest absolute Gasteiger partial charge is 0.397 e. The molecule has 0 aliphatic heterocycles. The first-order valence-corrected chi connectivity index (χ1v) is 8.05. The minimum atomic E-state index is -3.50. The van der Waals surface area contributed by atoms with Crippen LogP contribution in [-0.4, -0.2) is 45.8 Å². The zero-order valence-corrected chi connectivity index (χ0v) is 13.3. The molecule has 1 aromatic carbocycles. The Bertz CT molecular complexity index is 599. The highest BCUT2D eigenvalue weighted by Gasteiger charge is 2.18. The van der Waals surface area contributed by atoms with Crippen LogP contribution >= 0.6 is 0 Å². The quantitative estimate of drug-likeness (QED) is 0.634. The van der Waals surface area contributed by atoms with Gasteiger partial charge >= 0.3 is 0 Å². The summed E-state index contributed by atoms with van der Waals surface area (Å²) in [5.74, 6) is -0.0459.